The van der Waals surface area contributed by atoms with Gasteiger partial charge in [0.2, 0.25) is 0 Å². The van der Waals surface area contributed by atoms with Crippen LogP contribution >= 0.6 is 0 Å². The fraction of sp³-hybridized carbons (Fsp3) is 0.212. The first kappa shape index (κ1) is 33.9. The molecule has 0 amide bonds. The van der Waals surface area contributed by atoms with Crippen LogP contribution in [0, 0.1) is 0 Å². The number of aliphatic carboxylic acids is 1. The highest BCUT2D eigenvalue weighted by Gasteiger charge is 2.54. The molecule has 2 atom stereocenters. The molecule has 0 heterocycles. The van der Waals surface area contributed by atoms with Gasteiger partial charge in [0.1, 0.15) is 18.0 Å². The van der Waals surface area contributed by atoms with Crippen molar-refractivity contribution in [1.82, 2.24) is 0 Å². The van der Waals surface area contributed by atoms with Gasteiger partial charge in [0.15, 0.2) is 34.7 Å². The lowest BCUT2D eigenvalue weighted by Crippen LogP contribution is -2.59. The number of carbonyl (C=O) groups is 4. The average Bonchev–Trinajstić information content (AvgIpc) is 3.01. The third-order valence-electron chi connectivity index (χ3n) is 7.12. The van der Waals surface area contributed by atoms with Crippen molar-refractivity contribution in [2.75, 3.05) is 0 Å². The highest BCUT2D eigenvalue weighted by atomic mass is 16.6. The van der Waals surface area contributed by atoms with E-state index >= 15 is 0 Å². The standard InChI is InChI=1S/C33H30O14/c34-21-7-1-20(2-8-21)15-30(41)47-31-26(45-28(39)11-5-18-3-9-22(35)24(37)13-18)16-33(44,32(42)43)17-27(31)46-29(40)12-6-19-4-10-23(36)25(38)14-19/h1-14,26-27,31,34-38,44H,15-17H2,(H,42,43)/b11-5+,12-6+/t26-,27-,31?,33?/m1/s1. The third-order valence-corrected chi connectivity index (χ3v) is 7.12. The van der Waals surface area contributed by atoms with Crippen LogP contribution in [-0.4, -0.2) is 83.5 Å². The number of phenols is 5. The van der Waals surface area contributed by atoms with Gasteiger partial charge in [-0.15, -0.1) is 0 Å². The molecule has 0 aliphatic heterocycles. The van der Waals surface area contributed by atoms with Crippen LogP contribution in [0.15, 0.2) is 72.8 Å². The number of esters is 3. The monoisotopic (exact) mass is 650 g/mol. The Balaban J connectivity index is 1.60. The molecule has 0 bridgehead atoms. The number of carboxylic acids is 1. The lowest BCUT2D eigenvalue weighted by Gasteiger charge is -2.42. The molecule has 0 radical (unpaired) electrons. The zero-order chi connectivity index (χ0) is 34.3. The fourth-order valence-corrected chi connectivity index (χ4v) is 4.73. The van der Waals surface area contributed by atoms with Crippen molar-refractivity contribution in [2.45, 2.75) is 43.2 Å². The van der Waals surface area contributed by atoms with E-state index in [9.17, 15) is 54.9 Å². The van der Waals surface area contributed by atoms with Crippen molar-refractivity contribution in [3.8, 4) is 28.7 Å². The van der Waals surface area contributed by atoms with Gasteiger partial charge < -0.3 is 50.0 Å². The van der Waals surface area contributed by atoms with Crippen LogP contribution in [0.1, 0.15) is 29.5 Å². The number of carbonyl (C=O) groups excluding carboxylic acids is 3. The lowest BCUT2D eigenvalue weighted by molar-refractivity contribution is -0.212. The quantitative estimate of drug-likeness (QED) is 0.0723. The van der Waals surface area contributed by atoms with Crippen molar-refractivity contribution in [3.05, 3.63) is 89.5 Å². The van der Waals surface area contributed by atoms with Gasteiger partial charge in [0.25, 0.3) is 0 Å². The number of benzene rings is 3. The Morgan fingerprint density at radius 1 is 0.681 bits per heavy atom. The number of hydrogen-bond acceptors (Lipinski definition) is 13. The first-order valence-electron chi connectivity index (χ1n) is 14.0. The second-order valence-corrected chi connectivity index (χ2v) is 10.7. The topological polar surface area (TPSA) is 238 Å². The van der Waals surface area contributed by atoms with E-state index in [4.69, 9.17) is 14.2 Å². The van der Waals surface area contributed by atoms with Crippen LogP contribution < -0.4 is 0 Å². The maximum atomic E-state index is 13.0. The highest BCUT2D eigenvalue weighted by Crippen LogP contribution is 2.35. The predicted octanol–water partition coefficient (Wildman–Crippen LogP) is 2.53. The second-order valence-electron chi connectivity index (χ2n) is 10.7. The molecule has 14 heteroatoms. The van der Waals surface area contributed by atoms with E-state index in [-0.39, 0.29) is 23.3 Å². The fourth-order valence-electron chi connectivity index (χ4n) is 4.73. The summed E-state index contributed by atoms with van der Waals surface area (Å²) in [6, 6.07) is 13.0. The molecule has 1 aliphatic carbocycles. The summed E-state index contributed by atoms with van der Waals surface area (Å²) in [7, 11) is 0. The molecular formula is C33H30O14. The molecule has 47 heavy (non-hydrogen) atoms. The third kappa shape index (κ3) is 9.02. The van der Waals surface area contributed by atoms with Crippen LogP contribution in [0.5, 0.6) is 28.7 Å². The minimum atomic E-state index is -2.59. The van der Waals surface area contributed by atoms with Gasteiger partial charge in [-0.3, -0.25) is 4.79 Å². The van der Waals surface area contributed by atoms with Crippen LogP contribution in [0.25, 0.3) is 12.2 Å². The number of aromatic hydroxyl groups is 5. The van der Waals surface area contributed by atoms with Crippen molar-refractivity contribution in [1.29, 1.82) is 0 Å². The maximum absolute atomic E-state index is 13.0. The Labute approximate surface area is 266 Å². The number of rotatable bonds is 10. The molecule has 3 aromatic rings. The predicted molar refractivity (Wildman–Crippen MR) is 161 cm³/mol. The maximum Gasteiger partial charge on any atom is 0.335 e. The van der Waals surface area contributed by atoms with E-state index in [1.807, 2.05) is 0 Å². The van der Waals surface area contributed by atoms with Crippen molar-refractivity contribution in [3.63, 3.8) is 0 Å². The molecule has 0 aromatic heterocycles. The van der Waals surface area contributed by atoms with E-state index in [0.717, 1.165) is 24.3 Å². The Kier molecular flexibility index (Phi) is 10.4. The Hall–Kier alpha value is -6.02. The number of phenolic OH excluding ortho intramolecular Hbond substituents is 5. The van der Waals surface area contributed by atoms with Crippen molar-refractivity contribution in [2.24, 2.45) is 0 Å². The van der Waals surface area contributed by atoms with E-state index < -0.39 is 83.6 Å². The summed E-state index contributed by atoms with van der Waals surface area (Å²) in [5, 5.41) is 68.7. The van der Waals surface area contributed by atoms with Gasteiger partial charge in [-0.2, -0.15) is 0 Å². The molecule has 1 aliphatic rings. The Bertz CT molecular complexity index is 1620. The summed E-state index contributed by atoms with van der Waals surface area (Å²) in [5.41, 5.74) is -1.61. The van der Waals surface area contributed by atoms with Crippen LogP contribution in [-0.2, 0) is 39.8 Å². The first-order chi connectivity index (χ1) is 22.2. The smallest absolute Gasteiger partial charge is 0.335 e. The van der Waals surface area contributed by atoms with Crippen molar-refractivity contribution >= 4 is 36.0 Å². The Morgan fingerprint density at radius 2 is 1.15 bits per heavy atom. The minimum absolute atomic E-state index is 0.0487. The largest absolute Gasteiger partial charge is 0.508 e. The van der Waals surface area contributed by atoms with E-state index in [0.29, 0.717) is 5.56 Å². The van der Waals surface area contributed by atoms with Gasteiger partial charge in [-0.05, 0) is 65.2 Å². The SMILES string of the molecule is O=C(/C=C/c1ccc(O)c(O)c1)O[C@@H]1CC(O)(C(=O)O)C[C@@H](OC(=O)/C=C/c2ccc(O)c(O)c2)C1OC(=O)Cc1ccc(O)cc1. The van der Waals surface area contributed by atoms with E-state index in [2.05, 4.69) is 0 Å². The van der Waals surface area contributed by atoms with Crippen molar-refractivity contribution < 1.29 is 69.1 Å². The molecule has 1 fully saturated rings. The summed E-state index contributed by atoms with van der Waals surface area (Å²) in [6.45, 7) is 0. The average molecular weight is 651 g/mol. The first-order valence-corrected chi connectivity index (χ1v) is 14.0. The van der Waals surface area contributed by atoms with Crippen LogP contribution in [0.3, 0.4) is 0 Å². The Morgan fingerprint density at radius 3 is 1.57 bits per heavy atom. The van der Waals surface area contributed by atoms with Gasteiger partial charge in [0.05, 0.1) is 6.42 Å². The van der Waals surface area contributed by atoms with Crippen LogP contribution in [0.2, 0.25) is 0 Å². The summed E-state index contributed by atoms with van der Waals surface area (Å²) >= 11 is 0. The highest BCUT2D eigenvalue weighted by molar-refractivity contribution is 5.88. The zero-order valence-corrected chi connectivity index (χ0v) is 24.4. The number of aliphatic hydroxyl groups is 1. The summed E-state index contributed by atoms with van der Waals surface area (Å²) in [6.07, 6.45) is -2.49. The number of ether oxygens (including phenoxy) is 3. The molecule has 0 spiro atoms. The zero-order valence-electron chi connectivity index (χ0n) is 24.4. The summed E-state index contributed by atoms with van der Waals surface area (Å²) in [4.78, 5) is 50.8. The summed E-state index contributed by atoms with van der Waals surface area (Å²) in [5.74, 6) is -6.52. The van der Waals surface area contributed by atoms with Crippen LogP contribution in [0.4, 0.5) is 0 Å². The lowest BCUT2D eigenvalue weighted by atomic mass is 9.79. The van der Waals surface area contributed by atoms with E-state index in [1.54, 1.807) is 0 Å². The molecule has 0 unspecified atom stereocenters. The van der Waals surface area contributed by atoms with Gasteiger partial charge in [-0.1, -0.05) is 24.3 Å². The minimum Gasteiger partial charge on any atom is -0.508 e. The number of carboxylic acid groups (broad SMARTS) is 1. The second kappa shape index (κ2) is 14.4. The molecule has 4 rings (SSSR count). The molecule has 0 saturated heterocycles. The summed E-state index contributed by atoms with van der Waals surface area (Å²) < 4.78 is 16.4. The molecular weight excluding hydrogens is 620 g/mol. The van der Waals surface area contributed by atoms with Gasteiger partial charge in [0, 0.05) is 25.0 Å². The molecule has 246 valence electrons. The van der Waals surface area contributed by atoms with E-state index in [1.165, 1.54) is 60.7 Å². The molecule has 14 nitrogen and oxygen atoms in total. The molecule has 1 saturated carbocycles. The molecule has 7 N–H and O–H groups in total. The normalized spacial score (nSPS) is 20.9. The molecule has 3 aromatic carbocycles. The van der Waals surface area contributed by atoms with Gasteiger partial charge >= 0.3 is 23.9 Å². The van der Waals surface area contributed by atoms with Gasteiger partial charge in [-0.25, -0.2) is 14.4 Å². The number of hydrogen-bond donors (Lipinski definition) is 7.